The third-order valence-electron chi connectivity index (χ3n) is 3.19. The molecule has 5 heteroatoms. The maximum absolute atomic E-state index is 12.4. The summed E-state index contributed by atoms with van der Waals surface area (Å²) >= 11 is 0. The van der Waals surface area contributed by atoms with E-state index in [9.17, 15) is 9.90 Å². The second-order valence-corrected chi connectivity index (χ2v) is 4.52. The van der Waals surface area contributed by atoms with Gasteiger partial charge in [-0.25, -0.2) is 4.98 Å². The molecule has 1 amide bonds. The molecule has 0 radical (unpaired) electrons. The number of rotatable bonds is 2. The summed E-state index contributed by atoms with van der Waals surface area (Å²) in [6.45, 7) is 0. The summed E-state index contributed by atoms with van der Waals surface area (Å²) in [7, 11) is 1.67. The van der Waals surface area contributed by atoms with Gasteiger partial charge in [-0.2, -0.15) is 0 Å². The van der Waals surface area contributed by atoms with Gasteiger partial charge in [0.05, 0.1) is 17.4 Å². The van der Waals surface area contributed by atoms with Crippen LogP contribution >= 0.6 is 0 Å². The molecule has 1 heterocycles. The fraction of sp³-hybridized carbons (Fsp3) is 0.0667. The SMILES string of the molecule is CN(C(=O)c1ccc2nc[nH]c2c1)c1cccc(O)c1. The van der Waals surface area contributed by atoms with Gasteiger partial charge in [0.15, 0.2) is 0 Å². The minimum atomic E-state index is -0.146. The maximum Gasteiger partial charge on any atom is 0.258 e. The molecule has 2 aromatic carbocycles. The third kappa shape index (κ3) is 2.09. The molecular weight excluding hydrogens is 254 g/mol. The summed E-state index contributed by atoms with van der Waals surface area (Å²) in [5, 5.41) is 9.48. The highest BCUT2D eigenvalue weighted by atomic mass is 16.3. The third-order valence-corrected chi connectivity index (χ3v) is 3.19. The van der Waals surface area contributed by atoms with Crippen LogP contribution in [0.1, 0.15) is 10.4 Å². The molecule has 0 aliphatic rings. The van der Waals surface area contributed by atoms with Gasteiger partial charge in [-0.1, -0.05) is 6.07 Å². The Morgan fingerprint density at radius 1 is 1.25 bits per heavy atom. The summed E-state index contributed by atoms with van der Waals surface area (Å²) in [5.41, 5.74) is 2.84. The van der Waals surface area contributed by atoms with E-state index in [2.05, 4.69) is 9.97 Å². The number of anilines is 1. The molecule has 0 unspecified atom stereocenters. The van der Waals surface area contributed by atoms with E-state index < -0.39 is 0 Å². The lowest BCUT2D eigenvalue weighted by molar-refractivity contribution is 0.0993. The number of benzene rings is 2. The molecule has 100 valence electrons. The molecular formula is C15H13N3O2. The first-order valence-electron chi connectivity index (χ1n) is 6.15. The Morgan fingerprint density at radius 3 is 2.90 bits per heavy atom. The van der Waals surface area contributed by atoms with Gasteiger partial charge in [0, 0.05) is 24.4 Å². The van der Waals surface area contributed by atoms with Crippen LogP contribution in [-0.2, 0) is 0 Å². The van der Waals surface area contributed by atoms with Gasteiger partial charge >= 0.3 is 0 Å². The van der Waals surface area contributed by atoms with Crippen molar-refractivity contribution < 1.29 is 9.90 Å². The lowest BCUT2D eigenvalue weighted by Gasteiger charge is -2.17. The summed E-state index contributed by atoms with van der Waals surface area (Å²) in [6, 6.07) is 11.9. The standard InChI is InChI=1S/C15H13N3O2/c1-18(11-3-2-4-12(19)8-11)15(20)10-5-6-13-14(7-10)17-9-16-13/h2-9,19H,1H3,(H,16,17). The predicted octanol–water partition coefficient (Wildman–Crippen LogP) is 2.55. The number of phenols is 1. The van der Waals surface area contributed by atoms with Gasteiger partial charge in [0.25, 0.3) is 5.91 Å². The minimum absolute atomic E-state index is 0.131. The van der Waals surface area contributed by atoms with Crippen LogP contribution < -0.4 is 4.90 Å². The van der Waals surface area contributed by atoms with Crippen molar-refractivity contribution >= 4 is 22.6 Å². The molecule has 5 nitrogen and oxygen atoms in total. The lowest BCUT2D eigenvalue weighted by atomic mass is 10.1. The molecule has 1 aromatic heterocycles. The summed E-state index contributed by atoms with van der Waals surface area (Å²) in [6.07, 6.45) is 1.60. The van der Waals surface area contributed by atoms with Crippen molar-refractivity contribution in [3.05, 3.63) is 54.4 Å². The largest absolute Gasteiger partial charge is 0.508 e. The zero-order chi connectivity index (χ0) is 14.1. The van der Waals surface area contributed by atoms with E-state index in [0.29, 0.717) is 11.3 Å². The minimum Gasteiger partial charge on any atom is -0.508 e. The summed E-state index contributed by atoms with van der Waals surface area (Å²) in [4.78, 5) is 21.0. The van der Waals surface area contributed by atoms with Gasteiger partial charge in [-0.05, 0) is 30.3 Å². The molecule has 2 N–H and O–H groups in total. The number of carbonyl (C=O) groups excluding carboxylic acids is 1. The first-order valence-corrected chi connectivity index (χ1v) is 6.15. The van der Waals surface area contributed by atoms with Crippen LogP contribution in [-0.4, -0.2) is 28.0 Å². The first kappa shape index (κ1) is 12.2. The van der Waals surface area contributed by atoms with Gasteiger partial charge in [-0.3, -0.25) is 4.79 Å². The average molecular weight is 267 g/mol. The number of fused-ring (bicyclic) bond motifs is 1. The van der Waals surface area contributed by atoms with Crippen LogP contribution in [0.3, 0.4) is 0 Å². The van der Waals surface area contributed by atoms with Gasteiger partial charge in [0.2, 0.25) is 0 Å². The van der Waals surface area contributed by atoms with Crippen LogP contribution in [0.5, 0.6) is 5.75 Å². The molecule has 0 aliphatic heterocycles. The van der Waals surface area contributed by atoms with Crippen LogP contribution in [0, 0.1) is 0 Å². The fourth-order valence-corrected chi connectivity index (χ4v) is 2.08. The van der Waals surface area contributed by atoms with E-state index in [1.807, 2.05) is 0 Å². The summed E-state index contributed by atoms with van der Waals surface area (Å²) < 4.78 is 0. The smallest absolute Gasteiger partial charge is 0.258 e. The maximum atomic E-state index is 12.4. The molecule has 0 saturated heterocycles. The number of hydrogen-bond acceptors (Lipinski definition) is 3. The molecule has 0 spiro atoms. The number of nitrogens with one attached hydrogen (secondary N) is 1. The molecule has 0 bridgehead atoms. The number of phenolic OH excluding ortho intramolecular Hbond substituents is 1. The van der Waals surface area contributed by atoms with E-state index in [1.54, 1.807) is 55.8 Å². The van der Waals surface area contributed by atoms with Crippen molar-refractivity contribution in [2.24, 2.45) is 0 Å². The van der Waals surface area contributed by atoms with Crippen molar-refractivity contribution in [1.29, 1.82) is 0 Å². The van der Waals surface area contributed by atoms with Crippen LogP contribution in [0.25, 0.3) is 11.0 Å². The quantitative estimate of drug-likeness (QED) is 0.749. The van der Waals surface area contributed by atoms with Crippen molar-refractivity contribution in [3.63, 3.8) is 0 Å². The Morgan fingerprint density at radius 2 is 2.10 bits per heavy atom. The van der Waals surface area contributed by atoms with E-state index in [0.717, 1.165) is 11.0 Å². The number of carbonyl (C=O) groups is 1. The Bertz CT molecular complexity index is 779. The molecule has 20 heavy (non-hydrogen) atoms. The molecule has 0 saturated carbocycles. The lowest BCUT2D eigenvalue weighted by Crippen LogP contribution is -2.26. The van der Waals surface area contributed by atoms with Gasteiger partial charge in [-0.15, -0.1) is 0 Å². The van der Waals surface area contributed by atoms with Crippen molar-refractivity contribution in [2.45, 2.75) is 0 Å². The fourth-order valence-electron chi connectivity index (χ4n) is 2.08. The number of aromatic hydroxyl groups is 1. The van der Waals surface area contributed by atoms with E-state index in [-0.39, 0.29) is 11.7 Å². The zero-order valence-corrected chi connectivity index (χ0v) is 10.9. The topological polar surface area (TPSA) is 69.2 Å². The number of imidazole rings is 1. The monoisotopic (exact) mass is 267 g/mol. The van der Waals surface area contributed by atoms with Crippen molar-refractivity contribution in [3.8, 4) is 5.75 Å². The Balaban J connectivity index is 1.94. The Hall–Kier alpha value is -2.82. The summed E-state index contributed by atoms with van der Waals surface area (Å²) in [5.74, 6) is -0.0155. The zero-order valence-electron chi connectivity index (χ0n) is 10.9. The highest BCUT2D eigenvalue weighted by Crippen LogP contribution is 2.21. The first-order chi connectivity index (χ1) is 9.65. The van der Waals surface area contributed by atoms with Crippen LogP contribution in [0.4, 0.5) is 5.69 Å². The van der Waals surface area contributed by atoms with Crippen molar-refractivity contribution in [1.82, 2.24) is 9.97 Å². The predicted molar refractivity (Wildman–Crippen MR) is 76.9 cm³/mol. The number of aromatic amines is 1. The normalized spacial score (nSPS) is 10.7. The van der Waals surface area contributed by atoms with Crippen LogP contribution in [0.2, 0.25) is 0 Å². The number of hydrogen-bond donors (Lipinski definition) is 2. The Kier molecular flexibility index (Phi) is 2.87. The molecule has 3 aromatic rings. The van der Waals surface area contributed by atoms with Crippen molar-refractivity contribution in [2.75, 3.05) is 11.9 Å². The van der Waals surface area contributed by atoms with Crippen LogP contribution in [0.15, 0.2) is 48.8 Å². The number of amides is 1. The van der Waals surface area contributed by atoms with E-state index in [4.69, 9.17) is 0 Å². The average Bonchev–Trinajstić information content (AvgIpc) is 2.93. The second-order valence-electron chi connectivity index (χ2n) is 4.52. The highest BCUT2D eigenvalue weighted by molar-refractivity contribution is 6.07. The van der Waals surface area contributed by atoms with Gasteiger partial charge in [0.1, 0.15) is 5.75 Å². The number of aromatic nitrogens is 2. The number of H-pyrrole nitrogens is 1. The molecule has 0 atom stereocenters. The molecule has 3 rings (SSSR count). The van der Waals surface area contributed by atoms with Gasteiger partial charge < -0.3 is 15.0 Å². The second kappa shape index (κ2) is 4.70. The highest BCUT2D eigenvalue weighted by Gasteiger charge is 2.14. The molecule has 0 aliphatic carbocycles. The van der Waals surface area contributed by atoms with E-state index in [1.165, 1.54) is 4.90 Å². The molecule has 0 fully saturated rings. The number of nitrogens with zero attached hydrogens (tertiary/aromatic N) is 2. The van der Waals surface area contributed by atoms with E-state index >= 15 is 0 Å². The Labute approximate surface area is 115 Å².